The number of nitrogens with one attached hydrogen (secondary N) is 1. The number of carbonyl (C=O) groups excluding carboxylic acids is 1. The monoisotopic (exact) mass is 313 g/mol. The second-order valence-corrected chi connectivity index (χ2v) is 4.55. The van der Waals surface area contributed by atoms with Crippen LogP contribution in [0.3, 0.4) is 0 Å². The van der Waals surface area contributed by atoms with Crippen LogP contribution in [0.2, 0.25) is 0 Å². The van der Waals surface area contributed by atoms with Crippen molar-refractivity contribution in [2.45, 2.75) is 12.6 Å². The summed E-state index contributed by atoms with van der Waals surface area (Å²) in [5.41, 5.74) is 6.57. The van der Waals surface area contributed by atoms with Crippen LogP contribution < -0.4 is 11.1 Å². The molecule has 1 atom stereocenters. The molecule has 0 fully saturated rings. The fourth-order valence-corrected chi connectivity index (χ4v) is 1.79. The maximum absolute atomic E-state index is 10.6. The quantitative estimate of drug-likeness (QED) is 0.685. The first-order chi connectivity index (χ1) is 8.58. The van der Waals surface area contributed by atoms with E-state index in [1.165, 1.54) is 0 Å². The number of rotatable bonds is 5. The Kier molecular flexibility index (Phi) is 3.90. The van der Waals surface area contributed by atoms with Gasteiger partial charge in [0.1, 0.15) is 10.7 Å². The molecule has 96 valence electrons. The molecule has 0 aliphatic rings. The van der Waals surface area contributed by atoms with E-state index in [9.17, 15) is 9.90 Å². The third kappa shape index (κ3) is 2.84. The van der Waals surface area contributed by atoms with E-state index in [1.807, 2.05) is 4.40 Å². The zero-order valence-electron chi connectivity index (χ0n) is 9.38. The van der Waals surface area contributed by atoms with Crippen molar-refractivity contribution >= 4 is 27.5 Å². The van der Waals surface area contributed by atoms with Gasteiger partial charge in [0.2, 0.25) is 5.91 Å². The molecule has 0 aliphatic heterocycles. The Labute approximate surface area is 111 Å². The predicted octanol–water partition coefficient (Wildman–Crippen LogP) is -0.572. The topological polar surface area (TPSA) is 106 Å². The van der Waals surface area contributed by atoms with Crippen molar-refractivity contribution in [2.75, 3.05) is 6.54 Å². The van der Waals surface area contributed by atoms with Crippen molar-refractivity contribution in [3.63, 3.8) is 0 Å². The first-order valence-corrected chi connectivity index (χ1v) is 6.03. The van der Waals surface area contributed by atoms with Crippen molar-refractivity contribution < 1.29 is 9.90 Å². The average Bonchev–Trinajstić information content (AvgIpc) is 2.71. The Morgan fingerprint density at radius 3 is 3.06 bits per heavy atom. The van der Waals surface area contributed by atoms with E-state index in [4.69, 9.17) is 5.73 Å². The highest BCUT2D eigenvalue weighted by Crippen LogP contribution is 2.10. The molecule has 0 aliphatic carbocycles. The van der Waals surface area contributed by atoms with Crippen molar-refractivity contribution in [2.24, 2.45) is 5.73 Å². The summed E-state index contributed by atoms with van der Waals surface area (Å²) < 4.78 is 2.56. The van der Waals surface area contributed by atoms with E-state index in [2.05, 4.69) is 31.2 Å². The Bertz CT molecular complexity index is 570. The molecule has 18 heavy (non-hydrogen) atoms. The molecule has 0 spiro atoms. The van der Waals surface area contributed by atoms with Crippen molar-refractivity contribution in [1.29, 1.82) is 0 Å². The minimum Gasteiger partial charge on any atom is -0.382 e. The van der Waals surface area contributed by atoms with Gasteiger partial charge in [-0.15, -0.1) is 0 Å². The van der Waals surface area contributed by atoms with Crippen LogP contribution in [0.4, 0.5) is 0 Å². The van der Waals surface area contributed by atoms with Gasteiger partial charge >= 0.3 is 0 Å². The van der Waals surface area contributed by atoms with Crippen LogP contribution in [0.15, 0.2) is 23.2 Å². The summed E-state index contributed by atoms with van der Waals surface area (Å²) in [7, 11) is 0. The van der Waals surface area contributed by atoms with Gasteiger partial charge in [0.05, 0.1) is 18.1 Å². The van der Waals surface area contributed by atoms with E-state index in [0.29, 0.717) is 11.1 Å². The number of halogens is 1. The van der Waals surface area contributed by atoms with Gasteiger partial charge in [0, 0.05) is 19.3 Å². The van der Waals surface area contributed by atoms with Gasteiger partial charge in [-0.25, -0.2) is 9.97 Å². The number of carbonyl (C=O) groups is 1. The molecule has 4 N–H and O–H groups in total. The van der Waals surface area contributed by atoms with E-state index < -0.39 is 12.0 Å². The second-order valence-electron chi connectivity index (χ2n) is 3.74. The Hall–Kier alpha value is -1.51. The molecule has 8 heteroatoms. The van der Waals surface area contributed by atoms with Crippen LogP contribution in [0.5, 0.6) is 0 Å². The third-order valence-electron chi connectivity index (χ3n) is 2.41. The number of nitrogens with two attached hydrogens (primary N) is 1. The van der Waals surface area contributed by atoms with Crippen LogP contribution >= 0.6 is 15.9 Å². The minimum atomic E-state index is -1.18. The molecule has 2 heterocycles. The van der Waals surface area contributed by atoms with Crippen molar-refractivity contribution in [3.8, 4) is 0 Å². The lowest BCUT2D eigenvalue weighted by molar-refractivity contribution is -0.125. The maximum atomic E-state index is 10.6. The summed E-state index contributed by atoms with van der Waals surface area (Å²) in [6, 6.07) is 0. The van der Waals surface area contributed by atoms with Crippen LogP contribution in [-0.4, -0.2) is 38.0 Å². The molecule has 1 unspecified atom stereocenters. The number of primary amides is 1. The number of hydrogen-bond acceptors (Lipinski definition) is 5. The van der Waals surface area contributed by atoms with E-state index in [1.54, 1.807) is 18.6 Å². The molecule has 1 amide bonds. The minimum absolute atomic E-state index is 0.106. The van der Waals surface area contributed by atoms with E-state index in [-0.39, 0.29) is 6.54 Å². The number of aromatic nitrogens is 3. The largest absolute Gasteiger partial charge is 0.382 e. The molecule has 0 saturated carbocycles. The first-order valence-electron chi connectivity index (χ1n) is 5.23. The molecular weight excluding hydrogens is 302 g/mol. The predicted molar refractivity (Wildman–Crippen MR) is 67.6 cm³/mol. The lowest BCUT2D eigenvalue weighted by atomic mass is 10.3. The number of aliphatic hydroxyl groups excluding tert-OH is 1. The summed E-state index contributed by atoms with van der Waals surface area (Å²) in [4.78, 5) is 18.9. The first kappa shape index (κ1) is 12.9. The standard InChI is InChI=1S/C10H12BrN5O2/c11-8-5-16-6(2-15-9(16)4-14-8)1-13-3-7(17)10(12)18/h2,4-5,7,13,17H,1,3H2,(H2,12,18). The lowest BCUT2D eigenvalue weighted by Gasteiger charge is -2.08. The summed E-state index contributed by atoms with van der Waals surface area (Å²) >= 11 is 3.28. The summed E-state index contributed by atoms with van der Waals surface area (Å²) in [6.45, 7) is 0.566. The van der Waals surface area contributed by atoms with Crippen LogP contribution in [0.25, 0.3) is 5.65 Å². The molecule has 7 nitrogen and oxygen atoms in total. The van der Waals surface area contributed by atoms with Gasteiger partial charge in [0.25, 0.3) is 0 Å². The molecular formula is C10H12BrN5O2. The zero-order valence-corrected chi connectivity index (χ0v) is 11.0. The number of imidazole rings is 1. The van der Waals surface area contributed by atoms with Crippen molar-refractivity contribution in [3.05, 3.63) is 28.9 Å². The fraction of sp³-hybridized carbons (Fsp3) is 0.300. The molecule has 2 aromatic heterocycles. The third-order valence-corrected chi connectivity index (χ3v) is 2.82. The number of nitrogens with zero attached hydrogens (tertiary/aromatic N) is 3. The Balaban J connectivity index is 2.04. The molecule has 0 aromatic carbocycles. The average molecular weight is 314 g/mol. The Morgan fingerprint density at radius 1 is 1.56 bits per heavy atom. The second kappa shape index (κ2) is 5.42. The van der Waals surface area contributed by atoms with Crippen molar-refractivity contribution in [1.82, 2.24) is 19.7 Å². The van der Waals surface area contributed by atoms with Crippen LogP contribution in [-0.2, 0) is 11.3 Å². The summed E-state index contributed by atoms with van der Waals surface area (Å²) in [6.07, 6.45) is 3.96. The smallest absolute Gasteiger partial charge is 0.247 e. The highest BCUT2D eigenvalue weighted by atomic mass is 79.9. The molecule has 0 bridgehead atoms. The summed E-state index contributed by atoms with van der Waals surface area (Å²) in [5.74, 6) is -0.743. The van der Waals surface area contributed by atoms with Gasteiger partial charge in [-0.3, -0.25) is 9.20 Å². The van der Waals surface area contributed by atoms with E-state index in [0.717, 1.165) is 11.3 Å². The zero-order chi connectivity index (χ0) is 13.1. The number of hydrogen-bond donors (Lipinski definition) is 3. The molecule has 2 rings (SSSR count). The van der Waals surface area contributed by atoms with E-state index >= 15 is 0 Å². The number of aliphatic hydroxyl groups is 1. The van der Waals surface area contributed by atoms with Gasteiger partial charge in [0.15, 0.2) is 5.65 Å². The Morgan fingerprint density at radius 2 is 2.33 bits per heavy atom. The van der Waals surface area contributed by atoms with Gasteiger partial charge < -0.3 is 16.2 Å². The van der Waals surface area contributed by atoms with Gasteiger partial charge in [-0.2, -0.15) is 0 Å². The fourth-order valence-electron chi connectivity index (χ4n) is 1.48. The van der Waals surface area contributed by atoms with Crippen LogP contribution in [0, 0.1) is 0 Å². The van der Waals surface area contributed by atoms with Crippen LogP contribution in [0.1, 0.15) is 5.69 Å². The maximum Gasteiger partial charge on any atom is 0.247 e. The molecule has 0 saturated heterocycles. The van der Waals surface area contributed by atoms with Gasteiger partial charge in [-0.1, -0.05) is 0 Å². The lowest BCUT2D eigenvalue weighted by Crippen LogP contribution is -2.37. The SMILES string of the molecule is NC(=O)C(O)CNCc1cnc2cnc(Br)cn12. The molecule has 2 aromatic rings. The molecule has 0 radical (unpaired) electrons. The summed E-state index contributed by atoms with van der Waals surface area (Å²) in [5, 5.41) is 12.2. The highest BCUT2D eigenvalue weighted by molar-refractivity contribution is 9.10. The van der Waals surface area contributed by atoms with Gasteiger partial charge in [-0.05, 0) is 15.9 Å². The highest BCUT2D eigenvalue weighted by Gasteiger charge is 2.10. The normalized spacial score (nSPS) is 12.8. The number of amides is 1. The number of fused-ring (bicyclic) bond motifs is 1.